The zero-order chi connectivity index (χ0) is 11.8. The van der Waals surface area contributed by atoms with Gasteiger partial charge in [-0.1, -0.05) is 37.3 Å². The molecule has 0 N–H and O–H groups in total. The molecule has 3 rings (SSSR count). The first kappa shape index (κ1) is 10.6. The van der Waals surface area contributed by atoms with Gasteiger partial charge in [-0.2, -0.15) is 0 Å². The topological polar surface area (TPSA) is 38.8 Å². The van der Waals surface area contributed by atoms with Crippen LogP contribution >= 0.6 is 0 Å². The predicted molar refractivity (Wildman–Crippen MR) is 61.3 cm³/mol. The van der Waals surface area contributed by atoms with Crippen LogP contribution in [0.25, 0.3) is 0 Å². The monoisotopic (exact) mass is 233 g/mol. The van der Waals surface area contributed by atoms with Gasteiger partial charge in [-0.25, -0.2) is 4.79 Å². The van der Waals surface area contributed by atoms with E-state index in [1.165, 1.54) is 0 Å². The van der Waals surface area contributed by atoms with Crippen molar-refractivity contribution < 1.29 is 14.3 Å². The summed E-state index contributed by atoms with van der Waals surface area (Å²) in [6, 6.07) is 9.94. The fraction of sp³-hybridized carbons (Fsp3) is 0.462. The Morgan fingerprint density at radius 3 is 2.82 bits per heavy atom. The molecule has 0 unspecified atom stereocenters. The highest BCUT2D eigenvalue weighted by Gasteiger charge is 2.50. The molecule has 2 aliphatic heterocycles. The summed E-state index contributed by atoms with van der Waals surface area (Å²) in [6.45, 7) is 2.56. The molecule has 17 heavy (non-hydrogen) atoms. The molecule has 0 spiro atoms. The van der Waals surface area contributed by atoms with Crippen LogP contribution in [0.5, 0.6) is 0 Å². The van der Waals surface area contributed by atoms with E-state index in [1.807, 2.05) is 37.3 Å². The fourth-order valence-corrected chi connectivity index (χ4v) is 2.51. The van der Waals surface area contributed by atoms with Crippen LogP contribution in [0.4, 0.5) is 4.79 Å². The Labute approximate surface area is 100 Å². The van der Waals surface area contributed by atoms with Crippen LogP contribution in [0, 0.1) is 0 Å². The van der Waals surface area contributed by atoms with E-state index in [2.05, 4.69) is 0 Å². The van der Waals surface area contributed by atoms with Crippen molar-refractivity contribution >= 4 is 6.09 Å². The van der Waals surface area contributed by atoms with Crippen molar-refractivity contribution in [2.24, 2.45) is 0 Å². The number of fused-ring (bicyclic) bond motifs is 1. The van der Waals surface area contributed by atoms with Crippen molar-refractivity contribution in [3.8, 4) is 0 Å². The quantitative estimate of drug-likeness (QED) is 0.786. The number of carbonyl (C=O) groups excluding carboxylic acids is 1. The molecule has 90 valence electrons. The van der Waals surface area contributed by atoms with E-state index in [0.717, 1.165) is 12.0 Å². The molecule has 0 radical (unpaired) electrons. The molecule has 4 nitrogen and oxygen atoms in total. The Morgan fingerprint density at radius 1 is 1.35 bits per heavy atom. The van der Waals surface area contributed by atoms with Gasteiger partial charge in [0.1, 0.15) is 6.10 Å². The minimum absolute atomic E-state index is 0.00903. The second-order valence-corrected chi connectivity index (χ2v) is 4.39. The molecule has 0 bridgehead atoms. The summed E-state index contributed by atoms with van der Waals surface area (Å²) < 4.78 is 11.0. The minimum Gasteiger partial charge on any atom is -0.441 e. The smallest absolute Gasteiger partial charge is 0.413 e. The highest BCUT2D eigenvalue weighted by atomic mass is 16.6. The van der Waals surface area contributed by atoms with Crippen LogP contribution in [0.15, 0.2) is 30.3 Å². The molecule has 2 aliphatic rings. The van der Waals surface area contributed by atoms with E-state index >= 15 is 0 Å². The van der Waals surface area contributed by atoms with E-state index < -0.39 is 0 Å². The molecule has 3 atom stereocenters. The lowest BCUT2D eigenvalue weighted by atomic mass is 10.1. The van der Waals surface area contributed by atoms with Gasteiger partial charge in [0.15, 0.2) is 6.23 Å². The summed E-state index contributed by atoms with van der Waals surface area (Å²) in [5.74, 6) is 0. The second-order valence-electron chi connectivity index (χ2n) is 4.39. The van der Waals surface area contributed by atoms with Gasteiger partial charge >= 0.3 is 6.09 Å². The molecule has 0 aliphatic carbocycles. The first-order valence-electron chi connectivity index (χ1n) is 5.96. The zero-order valence-electron chi connectivity index (χ0n) is 9.70. The highest BCUT2D eigenvalue weighted by Crippen LogP contribution is 2.37. The number of benzene rings is 1. The van der Waals surface area contributed by atoms with Crippen LogP contribution in [0.3, 0.4) is 0 Å². The van der Waals surface area contributed by atoms with E-state index in [1.54, 1.807) is 4.90 Å². The van der Waals surface area contributed by atoms with Crippen molar-refractivity contribution in [3.05, 3.63) is 35.9 Å². The van der Waals surface area contributed by atoms with Crippen molar-refractivity contribution in [1.29, 1.82) is 0 Å². The summed E-state index contributed by atoms with van der Waals surface area (Å²) >= 11 is 0. The van der Waals surface area contributed by atoms with Crippen LogP contribution in [-0.4, -0.2) is 29.9 Å². The Morgan fingerprint density at radius 2 is 2.12 bits per heavy atom. The third-order valence-corrected chi connectivity index (χ3v) is 3.40. The Kier molecular flexibility index (Phi) is 2.52. The fourth-order valence-electron chi connectivity index (χ4n) is 2.51. The normalized spacial score (nSPS) is 31.5. The van der Waals surface area contributed by atoms with Gasteiger partial charge in [0.05, 0.1) is 12.6 Å². The molecule has 1 amide bonds. The summed E-state index contributed by atoms with van der Waals surface area (Å²) in [5, 5.41) is 0. The molecule has 2 saturated heterocycles. The lowest BCUT2D eigenvalue weighted by Gasteiger charge is -2.19. The maximum Gasteiger partial charge on any atom is 0.413 e. The standard InChI is InChI=1S/C13H15NO3/c1-2-11-12-14(13(15)17-11)10(8-16-12)9-6-4-3-5-7-9/h3-7,10-12H,2,8H2,1H3/t10-,11+,12+/m1/s1. The van der Waals surface area contributed by atoms with E-state index in [4.69, 9.17) is 9.47 Å². The SMILES string of the molecule is CC[C@@H]1OC(=O)N2[C@@H](c3ccccc3)CO[C@@H]12. The number of hydrogen-bond donors (Lipinski definition) is 0. The van der Waals surface area contributed by atoms with Gasteiger partial charge in [0.25, 0.3) is 0 Å². The van der Waals surface area contributed by atoms with Gasteiger partial charge in [-0.05, 0) is 12.0 Å². The Balaban J connectivity index is 1.88. The molecule has 1 aromatic carbocycles. The van der Waals surface area contributed by atoms with Gasteiger partial charge in [-0.15, -0.1) is 0 Å². The molecule has 0 saturated carbocycles. The molecule has 2 fully saturated rings. The zero-order valence-corrected chi connectivity index (χ0v) is 9.70. The number of hydrogen-bond acceptors (Lipinski definition) is 3. The maximum absolute atomic E-state index is 11.8. The second kappa shape index (κ2) is 4.04. The van der Waals surface area contributed by atoms with Gasteiger partial charge in [0, 0.05) is 0 Å². The number of rotatable bonds is 2. The van der Waals surface area contributed by atoms with Gasteiger partial charge < -0.3 is 9.47 Å². The van der Waals surface area contributed by atoms with Crippen molar-refractivity contribution in [2.45, 2.75) is 31.7 Å². The molecule has 1 aromatic rings. The van der Waals surface area contributed by atoms with Crippen molar-refractivity contribution in [3.63, 3.8) is 0 Å². The predicted octanol–water partition coefficient (Wildman–Crippen LogP) is 2.31. The highest BCUT2D eigenvalue weighted by molar-refractivity contribution is 5.71. The summed E-state index contributed by atoms with van der Waals surface area (Å²) in [7, 11) is 0. The van der Waals surface area contributed by atoms with E-state index in [9.17, 15) is 4.79 Å². The van der Waals surface area contributed by atoms with Crippen molar-refractivity contribution in [1.82, 2.24) is 4.90 Å². The number of nitrogens with zero attached hydrogens (tertiary/aromatic N) is 1. The number of cyclic esters (lactones) is 1. The van der Waals surface area contributed by atoms with Crippen LogP contribution in [0.2, 0.25) is 0 Å². The van der Waals surface area contributed by atoms with Gasteiger partial charge in [-0.3, -0.25) is 4.90 Å². The first-order chi connectivity index (χ1) is 8.31. The Hall–Kier alpha value is -1.55. The lowest BCUT2D eigenvalue weighted by Crippen LogP contribution is -2.33. The van der Waals surface area contributed by atoms with E-state index in [-0.39, 0.29) is 24.5 Å². The average Bonchev–Trinajstić information content (AvgIpc) is 2.92. The lowest BCUT2D eigenvalue weighted by molar-refractivity contribution is 0.00836. The maximum atomic E-state index is 11.8. The molecular formula is C13H15NO3. The van der Waals surface area contributed by atoms with Crippen LogP contribution in [0.1, 0.15) is 24.9 Å². The van der Waals surface area contributed by atoms with Crippen LogP contribution < -0.4 is 0 Å². The van der Waals surface area contributed by atoms with Crippen molar-refractivity contribution in [2.75, 3.05) is 6.61 Å². The molecule has 4 heteroatoms. The van der Waals surface area contributed by atoms with Gasteiger partial charge in [0.2, 0.25) is 0 Å². The third kappa shape index (κ3) is 1.60. The number of amides is 1. The first-order valence-corrected chi connectivity index (χ1v) is 5.96. The van der Waals surface area contributed by atoms with Crippen LogP contribution in [-0.2, 0) is 9.47 Å². The number of carbonyl (C=O) groups is 1. The Bertz CT molecular complexity index is 420. The largest absolute Gasteiger partial charge is 0.441 e. The molecule has 0 aromatic heterocycles. The summed E-state index contributed by atoms with van der Waals surface area (Å²) in [5.41, 5.74) is 1.10. The molecule has 2 heterocycles. The summed E-state index contributed by atoms with van der Waals surface area (Å²) in [4.78, 5) is 13.6. The summed E-state index contributed by atoms with van der Waals surface area (Å²) in [6.07, 6.45) is 0.191. The molecular weight excluding hydrogens is 218 g/mol. The third-order valence-electron chi connectivity index (χ3n) is 3.40. The number of ether oxygens (including phenoxy) is 2. The minimum atomic E-state index is -0.256. The average molecular weight is 233 g/mol. The van der Waals surface area contributed by atoms with E-state index in [0.29, 0.717) is 6.61 Å².